The van der Waals surface area contributed by atoms with Crippen molar-refractivity contribution in [2.75, 3.05) is 30.4 Å². The number of nitrogens with zero attached hydrogens (tertiary/aromatic N) is 4. The van der Waals surface area contributed by atoms with Crippen LogP contribution in [-0.2, 0) is 0 Å². The molecule has 2 bridgehead atoms. The fraction of sp³-hybridized carbons (Fsp3) is 0.444. The molecule has 0 aliphatic carbocycles. The Balaban J connectivity index is 1.46. The summed E-state index contributed by atoms with van der Waals surface area (Å²) in [6.07, 6.45) is 9.49. The van der Waals surface area contributed by atoms with E-state index < -0.39 is 0 Å². The minimum atomic E-state index is 0.692. The van der Waals surface area contributed by atoms with Gasteiger partial charge in [0.25, 0.3) is 0 Å². The summed E-state index contributed by atoms with van der Waals surface area (Å²) in [6.45, 7) is 2.25. The van der Waals surface area contributed by atoms with Crippen LogP contribution >= 0.6 is 0 Å². The molecule has 23 heavy (non-hydrogen) atoms. The fourth-order valence-corrected chi connectivity index (χ4v) is 3.77. The van der Waals surface area contributed by atoms with E-state index in [1.54, 1.807) is 12.4 Å². The number of nitrogens with one attached hydrogen (secondary N) is 1. The Hall–Kier alpha value is -2.14. The predicted octanol–water partition coefficient (Wildman–Crippen LogP) is 2.89. The van der Waals surface area contributed by atoms with Gasteiger partial charge in [-0.15, -0.1) is 0 Å². The van der Waals surface area contributed by atoms with E-state index in [1.807, 2.05) is 18.3 Å². The molecule has 4 heterocycles. The Kier molecular flexibility index (Phi) is 3.87. The highest BCUT2D eigenvalue weighted by Crippen LogP contribution is 2.30. The smallest absolute Gasteiger partial charge is 0.130 e. The summed E-state index contributed by atoms with van der Waals surface area (Å²) in [7, 11) is 2.28. The van der Waals surface area contributed by atoms with Gasteiger partial charge in [0.05, 0.1) is 11.9 Å². The molecule has 2 atom stereocenters. The van der Waals surface area contributed by atoms with E-state index in [2.05, 4.69) is 44.3 Å². The van der Waals surface area contributed by atoms with Gasteiger partial charge >= 0.3 is 0 Å². The van der Waals surface area contributed by atoms with Gasteiger partial charge in [-0.1, -0.05) is 0 Å². The molecular weight excluding hydrogens is 286 g/mol. The van der Waals surface area contributed by atoms with Crippen LogP contribution in [-0.4, -0.2) is 47.1 Å². The van der Waals surface area contributed by atoms with Crippen molar-refractivity contribution >= 4 is 17.2 Å². The topological polar surface area (TPSA) is 44.3 Å². The second kappa shape index (κ2) is 6.16. The van der Waals surface area contributed by atoms with E-state index in [9.17, 15) is 0 Å². The number of fused-ring (bicyclic) bond motifs is 2. The molecule has 2 aromatic heterocycles. The van der Waals surface area contributed by atoms with Crippen molar-refractivity contribution in [3.05, 3.63) is 42.9 Å². The highest BCUT2D eigenvalue weighted by Gasteiger charge is 2.34. The lowest BCUT2D eigenvalue weighted by atomic mass is 10.1. The maximum absolute atomic E-state index is 4.57. The molecule has 0 amide bonds. The van der Waals surface area contributed by atoms with E-state index in [-0.39, 0.29) is 0 Å². The molecule has 2 aromatic rings. The molecule has 2 fully saturated rings. The molecule has 2 unspecified atom stereocenters. The highest BCUT2D eigenvalue weighted by molar-refractivity contribution is 5.57. The Morgan fingerprint density at radius 3 is 2.65 bits per heavy atom. The van der Waals surface area contributed by atoms with E-state index in [0.29, 0.717) is 6.04 Å². The van der Waals surface area contributed by atoms with Gasteiger partial charge in [-0.05, 0) is 50.6 Å². The lowest BCUT2D eigenvalue weighted by molar-refractivity contribution is 0.254. The average Bonchev–Trinajstić information content (AvgIpc) is 2.82. The van der Waals surface area contributed by atoms with E-state index in [1.165, 1.54) is 24.9 Å². The van der Waals surface area contributed by atoms with Crippen LogP contribution in [0.15, 0.2) is 42.9 Å². The zero-order valence-electron chi connectivity index (χ0n) is 13.5. The molecule has 5 heteroatoms. The predicted molar refractivity (Wildman–Crippen MR) is 93.2 cm³/mol. The molecule has 0 spiro atoms. The summed E-state index contributed by atoms with van der Waals surface area (Å²) in [5.41, 5.74) is 2.24. The first-order valence-corrected chi connectivity index (χ1v) is 8.39. The van der Waals surface area contributed by atoms with Crippen LogP contribution in [0.25, 0.3) is 0 Å². The third-order valence-electron chi connectivity index (χ3n) is 5.21. The molecule has 120 valence electrons. The third kappa shape index (κ3) is 3.01. The average molecular weight is 309 g/mol. The summed E-state index contributed by atoms with van der Waals surface area (Å²) < 4.78 is 0. The number of aromatic nitrogens is 2. The van der Waals surface area contributed by atoms with Crippen molar-refractivity contribution < 1.29 is 0 Å². The number of anilines is 3. The molecule has 2 aliphatic rings. The van der Waals surface area contributed by atoms with Gasteiger partial charge < -0.3 is 10.2 Å². The van der Waals surface area contributed by atoms with Crippen LogP contribution in [0.4, 0.5) is 17.2 Å². The largest absolute Gasteiger partial charge is 0.369 e. The van der Waals surface area contributed by atoms with Crippen LogP contribution < -0.4 is 10.2 Å². The van der Waals surface area contributed by atoms with Gasteiger partial charge in [0, 0.05) is 43.3 Å². The Morgan fingerprint density at radius 2 is 1.87 bits per heavy atom. The van der Waals surface area contributed by atoms with Crippen LogP contribution in [0, 0.1) is 0 Å². The zero-order valence-corrected chi connectivity index (χ0v) is 13.5. The van der Waals surface area contributed by atoms with Crippen molar-refractivity contribution in [3.63, 3.8) is 0 Å². The Bertz CT molecular complexity index is 642. The van der Waals surface area contributed by atoms with Gasteiger partial charge in [-0.3, -0.25) is 9.88 Å². The number of rotatable bonds is 3. The number of hydrogen-bond donors (Lipinski definition) is 1. The minimum Gasteiger partial charge on any atom is -0.369 e. The second-order valence-electron chi connectivity index (χ2n) is 6.55. The Labute approximate surface area is 137 Å². The van der Waals surface area contributed by atoms with Gasteiger partial charge in [0.15, 0.2) is 0 Å². The molecular formula is C18H23N5. The van der Waals surface area contributed by atoms with Crippen LogP contribution in [0.3, 0.4) is 0 Å². The van der Waals surface area contributed by atoms with E-state index >= 15 is 0 Å². The van der Waals surface area contributed by atoms with Gasteiger partial charge in [0.1, 0.15) is 5.82 Å². The van der Waals surface area contributed by atoms with E-state index in [4.69, 9.17) is 0 Å². The third-order valence-corrected chi connectivity index (χ3v) is 5.21. The van der Waals surface area contributed by atoms with Crippen molar-refractivity contribution in [1.82, 2.24) is 14.9 Å². The number of hydrogen-bond acceptors (Lipinski definition) is 5. The molecule has 0 radical (unpaired) electrons. The summed E-state index contributed by atoms with van der Waals surface area (Å²) in [5.74, 6) is 0.869. The zero-order chi connectivity index (χ0) is 15.6. The first-order valence-electron chi connectivity index (χ1n) is 8.39. The fourth-order valence-electron chi connectivity index (χ4n) is 3.77. The van der Waals surface area contributed by atoms with Gasteiger partial charge in [0.2, 0.25) is 0 Å². The number of likely N-dealkylation sites (N-methyl/N-ethyl adjacent to an activating group) is 1. The standard InChI is InChI=1S/C18H23N5/c1-22-15-2-3-17(22)13-23(11-8-15)16-4-5-18(20-12-16)21-14-6-9-19-10-7-14/h4-7,9-10,12,15,17H,2-3,8,11,13H2,1H3,(H,19,20,21). The van der Waals surface area contributed by atoms with Gasteiger partial charge in [-0.2, -0.15) is 0 Å². The first-order chi connectivity index (χ1) is 11.3. The SMILES string of the molecule is CN1C2CCC1CN(c1ccc(Nc3ccncc3)nc1)CC2. The quantitative estimate of drug-likeness (QED) is 0.944. The van der Waals surface area contributed by atoms with Crippen molar-refractivity contribution in [2.24, 2.45) is 0 Å². The lowest BCUT2D eigenvalue weighted by Crippen LogP contribution is -2.36. The summed E-state index contributed by atoms with van der Waals surface area (Å²) >= 11 is 0. The molecule has 1 N–H and O–H groups in total. The second-order valence-corrected chi connectivity index (χ2v) is 6.55. The summed E-state index contributed by atoms with van der Waals surface area (Å²) in [6, 6.07) is 9.58. The van der Waals surface area contributed by atoms with Crippen molar-refractivity contribution in [2.45, 2.75) is 31.3 Å². The summed E-state index contributed by atoms with van der Waals surface area (Å²) in [4.78, 5) is 13.7. The molecule has 4 rings (SSSR count). The molecule has 0 saturated carbocycles. The number of pyridine rings is 2. The molecule has 2 aliphatic heterocycles. The monoisotopic (exact) mass is 309 g/mol. The molecule has 5 nitrogen and oxygen atoms in total. The van der Waals surface area contributed by atoms with Crippen LogP contribution in [0.1, 0.15) is 19.3 Å². The van der Waals surface area contributed by atoms with Crippen molar-refractivity contribution in [1.29, 1.82) is 0 Å². The molecule has 0 aromatic carbocycles. The molecule has 2 saturated heterocycles. The van der Waals surface area contributed by atoms with Crippen molar-refractivity contribution in [3.8, 4) is 0 Å². The maximum Gasteiger partial charge on any atom is 0.130 e. The van der Waals surface area contributed by atoms with Crippen LogP contribution in [0.2, 0.25) is 0 Å². The normalized spacial score (nSPS) is 24.5. The van der Waals surface area contributed by atoms with E-state index in [0.717, 1.165) is 30.6 Å². The van der Waals surface area contributed by atoms with Crippen LogP contribution in [0.5, 0.6) is 0 Å². The Morgan fingerprint density at radius 1 is 1.04 bits per heavy atom. The first kappa shape index (κ1) is 14.5. The maximum atomic E-state index is 4.57. The highest BCUT2D eigenvalue weighted by atomic mass is 15.3. The lowest BCUT2D eigenvalue weighted by Gasteiger charge is -2.27. The minimum absolute atomic E-state index is 0.692. The summed E-state index contributed by atoms with van der Waals surface area (Å²) in [5, 5.41) is 3.30. The van der Waals surface area contributed by atoms with Gasteiger partial charge in [-0.25, -0.2) is 4.98 Å².